The summed E-state index contributed by atoms with van der Waals surface area (Å²) in [7, 11) is 4.12. The molecule has 1 atom stereocenters. The van der Waals surface area contributed by atoms with E-state index in [1.54, 1.807) is 0 Å². The highest BCUT2D eigenvalue weighted by Gasteiger charge is 2.33. The van der Waals surface area contributed by atoms with E-state index in [4.69, 9.17) is 0 Å². The van der Waals surface area contributed by atoms with Crippen LogP contribution >= 0.6 is 0 Å². The van der Waals surface area contributed by atoms with Crippen molar-refractivity contribution >= 4 is 0 Å². The van der Waals surface area contributed by atoms with Crippen LogP contribution < -0.4 is 5.32 Å². The third-order valence-corrected chi connectivity index (χ3v) is 4.96. The fraction of sp³-hybridized carbons (Fsp3) is 0.812. The van der Waals surface area contributed by atoms with Gasteiger partial charge in [0.15, 0.2) is 0 Å². The van der Waals surface area contributed by atoms with Crippen molar-refractivity contribution in [3.8, 4) is 0 Å². The van der Waals surface area contributed by atoms with E-state index in [9.17, 15) is 0 Å². The normalized spacial score (nSPS) is 26.4. The summed E-state index contributed by atoms with van der Waals surface area (Å²) in [6.07, 6.45) is 7.30. The predicted octanol–water partition coefficient (Wildman–Crippen LogP) is 3.53. The monoisotopic (exact) mass is 263 g/mol. The molecule has 19 heavy (non-hydrogen) atoms. The molecule has 0 bridgehead atoms. The minimum atomic E-state index is 0.452. The van der Waals surface area contributed by atoms with Gasteiger partial charge >= 0.3 is 0 Å². The van der Waals surface area contributed by atoms with E-state index in [0.29, 0.717) is 11.5 Å². The summed E-state index contributed by atoms with van der Waals surface area (Å²) in [5.74, 6) is 1.63. The Morgan fingerprint density at radius 1 is 1.26 bits per heavy atom. The third-order valence-electron chi connectivity index (χ3n) is 4.96. The Balaban J connectivity index is 2.02. The Bertz CT molecular complexity index is 394. The van der Waals surface area contributed by atoms with E-state index >= 15 is 0 Å². The Labute approximate surface area is 117 Å². The average molecular weight is 263 g/mol. The molecular formula is C16H29N3. The van der Waals surface area contributed by atoms with Crippen molar-refractivity contribution in [3.63, 3.8) is 0 Å². The van der Waals surface area contributed by atoms with Crippen LogP contribution in [0.4, 0.5) is 0 Å². The quantitative estimate of drug-likeness (QED) is 0.904. The van der Waals surface area contributed by atoms with E-state index < -0.39 is 0 Å². The maximum atomic E-state index is 4.31. The first-order valence-electron chi connectivity index (χ1n) is 7.58. The highest BCUT2D eigenvalue weighted by atomic mass is 15.3. The van der Waals surface area contributed by atoms with Gasteiger partial charge in [-0.3, -0.25) is 4.68 Å². The summed E-state index contributed by atoms with van der Waals surface area (Å²) >= 11 is 0. The molecule has 1 unspecified atom stereocenters. The molecule has 0 radical (unpaired) electrons. The van der Waals surface area contributed by atoms with Crippen molar-refractivity contribution in [2.75, 3.05) is 7.05 Å². The van der Waals surface area contributed by atoms with Crippen LogP contribution in [0.1, 0.15) is 58.2 Å². The molecule has 2 rings (SSSR count). The van der Waals surface area contributed by atoms with Crippen LogP contribution in [0, 0.1) is 17.3 Å². The first-order valence-corrected chi connectivity index (χ1v) is 7.58. The standard InChI is InChI=1S/C16H29N3/c1-16(2,3)13-8-6-12(7-9-13)15(17-4)14-10-11-18-19(14)5/h10-13,15,17H,6-9H2,1-5H3. The van der Waals surface area contributed by atoms with Gasteiger partial charge in [0, 0.05) is 13.2 Å². The van der Waals surface area contributed by atoms with Crippen molar-refractivity contribution in [1.29, 1.82) is 0 Å². The molecule has 0 amide bonds. The van der Waals surface area contributed by atoms with Gasteiger partial charge in [-0.1, -0.05) is 20.8 Å². The molecule has 1 aromatic rings. The lowest BCUT2D eigenvalue weighted by atomic mass is 9.68. The van der Waals surface area contributed by atoms with Gasteiger partial charge in [0.2, 0.25) is 0 Å². The van der Waals surface area contributed by atoms with E-state index in [1.165, 1.54) is 31.4 Å². The van der Waals surface area contributed by atoms with E-state index in [2.05, 4.69) is 44.3 Å². The number of rotatable bonds is 3. The minimum Gasteiger partial charge on any atom is -0.311 e. The van der Waals surface area contributed by atoms with Gasteiger partial charge in [-0.15, -0.1) is 0 Å². The van der Waals surface area contributed by atoms with E-state index in [0.717, 1.165) is 11.8 Å². The molecular weight excluding hydrogens is 234 g/mol. The molecule has 1 aromatic heterocycles. The number of hydrogen-bond donors (Lipinski definition) is 1. The van der Waals surface area contributed by atoms with Crippen LogP contribution in [-0.4, -0.2) is 16.8 Å². The number of aryl methyl sites for hydroxylation is 1. The SMILES string of the molecule is CNC(c1ccnn1C)C1CCC(C(C)(C)C)CC1. The van der Waals surface area contributed by atoms with Gasteiger partial charge in [-0.05, 0) is 56.0 Å². The van der Waals surface area contributed by atoms with Crippen molar-refractivity contribution in [1.82, 2.24) is 15.1 Å². The maximum absolute atomic E-state index is 4.31. The Hall–Kier alpha value is -0.830. The third kappa shape index (κ3) is 3.19. The second kappa shape index (κ2) is 5.66. The van der Waals surface area contributed by atoms with Crippen LogP contribution in [0.3, 0.4) is 0 Å². The number of hydrogen-bond acceptors (Lipinski definition) is 2. The zero-order chi connectivity index (χ0) is 14.0. The van der Waals surface area contributed by atoms with E-state index in [1.807, 2.05) is 17.9 Å². The molecule has 1 fully saturated rings. The highest BCUT2D eigenvalue weighted by molar-refractivity contribution is 5.08. The van der Waals surface area contributed by atoms with Gasteiger partial charge < -0.3 is 5.32 Å². The molecule has 1 saturated carbocycles. The highest BCUT2D eigenvalue weighted by Crippen LogP contribution is 2.43. The summed E-state index contributed by atoms with van der Waals surface area (Å²) in [4.78, 5) is 0. The lowest BCUT2D eigenvalue weighted by Crippen LogP contribution is -2.33. The molecule has 1 heterocycles. The summed E-state index contributed by atoms with van der Waals surface area (Å²) in [5, 5.41) is 7.82. The molecule has 0 aliphatic heterocycles. The zero-order valence-electron chi connectivity index (χ0n) is 13.1. The maximum Gasteiger partial charge on any atom is 0.0553 e. The molecule has 3 heteroatoms. The van der Waals surface area contributed by atoms with Crippen molar-refractivity contribution < 1.29 is 0 Å². The van der Waals surface area contributed by atoms with Gasteiger partial charge in [0.1, 0.15) is 0 Å². The zero-order valence-corrected chi connectivity index (χ0v) is 13.1. The molecule has 1 aliphatic rings. The van der Waals surface area contributed by atoms with Gasteiger partial charge in [0.05, 0.1) is 11.7 Å². The fourth-order valence-electron chi connectivity index (χ4n) is 3.63. The Morgan fingerprint density at radius 2 is 1.89 bits per heavy atom. The first kappa shape index (κ1) is 14.6. The number of aromatic nitrogens is 2. The molecule has 1 N–H and O–H groups in total. The molecule has 3 nitrogen and oxygen atoms in total. The second-order valence-corrected chi connectivity index (χ2v) is 7.12. The molecule has 1 aliphatic carbocycles. The molecule has 0 saturated heterocycles. The van der Waals surface area contributed by atoms with Crippen molar-refractivity contribution in [3.05, 3.63) is 18.0 Å². The van der Waals surface area contributed by atoms with Crippen molar-refractivity contribution in [2.24, 2.45) is 24.3 Å². The van der Waals surface area contributed by atoms with Crippen LogP contribution in [0.2, 0.25) is 0 Å². The summed E-state index contributed by atoms with van der Waals surface area (Å²) in [6.45, 7) is 7.15. The Kier molecular flexibility index (Phi) is 4.34. The molecule has 0 aromatic carbocycles. The first-order chi connectivity index (χ1) is 8.93. The van der Waals surface area contributed by atoms with Gasteiger partial charge in [0.25, 0.3) is 0 Å². The van der Waals surface area contributed by atoms with Crippen LogP contribution in [-0.2, 0) is 7.05 Å². The van der Waals surface area contributed by atoms with Crippen molar-refractivity contribution in [2.45, 2.75) is 52.5 Å². The summed E-state index contributed by atoms with van der Waals surface area (Å²) < 4.78 is 2.01. The number of nitrogens with one attached hydrogen (secondary N) is 1. The van der Waals surface area contributed by atoms with Gasteiger partial charge in [-0.2, -0.15) is 5.10 Å². The smallest absolute Gasteiger partial charge is 0.0553 e. The lowest BCUT2D eigenvalue weighted by molar-refractivity contribution is 0.132. The molecule has 0 spiro atoms. The predicted molar refractivity (Wildman–Crippen MR) is 79.9 cm³/mol. The van der Waals surface area contributed by atoms with Crippen LogP contribution in [0.15, 0.2) is 12.3 Å². The minimum absolute atomic E-state index is 0.452. The largest absolute Gasteiger partial charge is 0.311 e. The molecule has 108 valence electrons. The topological polar surface area (TPSA) is 29.9 Å². The Morgan fingerprint density at radius 3 is 2.32 bits per heavy atom. The fourth-order valence-corrected chi connectivity index (χ4v) is 3.63. The lowest BCUT2D eigenvalue weighted by Gasteiger charge is -2.39. The number of nitrogens with zero attached hydrogens (tertiary/aromatic N) is 2. The second-order valence-electron chi connectivity index (χ2n) is 7.12. The van der Waals surface area contributed by atoms with Gasteiger partial charge in [-0.25, -0.2) is 0 Å². The van der Waals surface area contributed by atoms with E-state index in [-0.39, 0.29) is 0 Å². The van der Waals surface area contributed by atoms with Crippen LogP contribution in [0.25, 0.3) is 0 Å². The average Bonchev–Trinajstić information content (AvgIpc) is 2.76. The van der Waals surface area contributed by atoms with Crippen LogP contribution in [0.5, 0.6) is 0 Å². The summed E-state index contributed by atoms with van der Waals surface area (Å²) in [5.41, 5.74) is 1.79. The summed E-state index contributed by atoms with van der Waals surface area (Å²) in [6, 6.07) is 2.60.